The lowest BCUT2D eigenvalue weighted by atomic mass is 10.2. The van der Waals surface area contributed by atoms with Crippen molar-refractivity contribution < 1.29 is 9.84 Å². The molecular weight excluding hydrogens is 335 g/mol. The molecule has 0 aliphatic carbocycles. The van der Waals surface area contributed by atoms with Gasteiger partial charge in [-0.3, -0.25) is 5.43 Å². The van der Waals surface area contributed by atoms with Crippen LogP contribution in [0.25, 0.3) is 0 Å². The predicted molar refractivity (Wildman–Crippen MR) is 87.3 cm³/mol. The largest absolute Gasteiger partial charge is 0.504 e. The molecule has 2 aromatic carbocycles. The molecular formula is C14H11Cl3N2O2. The second kappa shape index (κ2) is 6.89. The molecule has 0 saturated heterocycles. The third-order valence-electron chi connectivity index (χ3n) is 2.60. The molecule has 0 aliphatic heterocycles. The van der Waals surface area contributed by atoms with Gasteiger partial charge in [-0.2, -0.15) is 5.10 Å². The van der Waals surface area contributed by atoms with Crippen LogP contribution in [-0.2, 0) is 0 Å². The average Bonchev–Trinajstić information content (AvgIpc) is 2.43. The molecule has 0 amide bonds. The quantitative estimate of drug-likeness (QED) is 0.618. The summed E-state index contributed by atoms with van der Waals surface area (Å²) in [6.07, 6.45) is 1.54. The van der Waals surface area contributed by atoms with E-state index in [2.05, 4.69) is 10.5 Å². The molecule has 0 aromatic heterocycles. The van der Waals surface area contributed by atoms with E-state index in [0.29, 0.717) is 26.5 Å². The summed E-state index contributed by atoms with van der Waals surface area (Å²) in [5.74, 6) is 0.424. The number of hydrazone groups is 1. The van der Waals surface area contributed by atoms with Crippen molar-refractivity contribution in [3.8, 4) is 11.5 Å². The SMILES string of the molecule is COc1cc(C=NNc2c(Cl)cc(Cl)cc2Cl)ccc1O. The van der Waals surface area contributed by atoms with Crippen LogP contribution >= 0.6 is 34.8 Å². The fourth-order valence-corrected chi connectivity index (χ4v) is 2.50. The first-order valence-electron chi connectivity index (χ1n) is 5.82. The molecule has 0 bridgehead atoms. The second-order valence-corrected chi connectivity index (χ2v) is 5.30. The van der Waals surface area contributed by atoms with Gasteiger partial charge >= 0.3 is 0 Å². The number of methoxy groups -OCH3 is 1. The number of aromatic hydroxyl groups is 1. The zero-order chi connectivity index (χ0) is 15.4. The number of phenols is 1. The first-order valence-corrected chi connectivity index (χ1v) is 6.95. The number of halogens is 3. The number of nitrogens with one attached hydrogen (secondary N) is 1. The van der Waals surface area contributed by atoms with Gasteiger partial charge in [0.05, 0.1) is 29.1 Å². The Morgan fingerprint density at radius 1 is 1.14 bits per heavy atom. The van der Waals surface area contributed by atoms with Crippen molar-refractivity contribution in [2.75, 3.05) is 12.5 Å². The number of hydrogen-bond donors (Lipinski definition) is 2. The summed E-state index contributed by atoms with van der Waals surface area (Å²) in [7, 11) is 1.47. The van der Waals surface area contributed by atoms with Crippen LogP contribution in [0.5, 0.6) is 11.5 Å². The molecule has 110 valence electrons. The second-order valence-electron chi connectivity index (χ2n) is 4.05. The number of hydrogen-bond acceptors (Lipinski definition) is 4. The molecule has 0 fully saturated rings. The Balaban J connectivity index is 2.16. The maximum Gasteiger partial charge on any atom is 0.161 e. The van der Waals surface area contributed by atoms with E-state index in [1.165, 1.54) is 13.2 Å². The van der Waals surface area contributed by atoms with Crippen molar-refractivity contribution in [1.82, 2.24) is 0 Å². The highest BCUT2D eigenvalue weighted by molar-refractivity contribution is 6.41. The van der Waals surface area contributed by atoms with Gasteiger partial charge in [-0.1, -0.05) is 34.8 Å². The van der Waals surface area contributed by atoms with Crippen LogP contribution < -0.4 is 10.2 Å². The van der Waals surface area contributed by atoms with Gasteiger partial charge in [-0.25, -0.2) is 0 Å². The molecule has 4 nitrogen and oxygen atoms in total. The molecule has 0 unspecified atom stereocenters. The average molecular weight is 346 g/mol. The molecule has 0 aliphatic rings. The van der Waals surface area contributed by atoms with Crippen molar-refractivity contribution in [2.45, 2.75) is 0 Å². The van der Waals surface area contributed by atoms with Gasteiger partial charge in [-0.15, -0.1) is 0 Å². The maximum atomic E-state index is 9.50. The highest BCUT2D eigenvalue weighted by atomic mass is 35.5. The number of phenolic OH excluding ortho intramolecular Hbond substituents is 1. The smallest absolute Gasteiger partial charge is 0.161 e. The summed E-state index contributed by atoms with van der Waals surface area (Å²) in [6.45, 7) is 0. The molecule has 0 saturated carbocycles. The molecule has 2 rings (SSSR count). The number of benzene rings is 2. The van der Waals surface area contributed by atoms with E-state index in [1.807, 2.05) is 0 Å². The molecule has 0 atom stereocenters. The molecule has 0 radical (unpaired) electrons. The van der Waals surface area contributed by atoms with E-state index in [-0.39, 0.29) is 5.75 Å². The van der Waals surface area contributed by atoms with Crippen LogP contribution in [0.15, 0.2) is 35.4 Å². The molecule has 2 aromatic rings. The van der Waals surface area contributed by atoms with Gasteiger partial charge in [-0.05, 0) is 35.9 Å². The molecule has 0 spiro atoms. The number of nitrogens with zero attached hydrogens (tertiary/aromatic N) is 1. The van der Waals surface area contributed by atoms with Crippen LogP contribution in [-0.4, -0.2) is 18.4 Å². The lowest BCUT2D eigenvalue weighted by Gasteiger charge is -2.07. The highest BCUT2D eigenvalue weighted by Gasteiger charge is 2.06. The van der Waals surface area contributed by atoms with Gasteiger partial charge in [0, 0.05) is 5.02 Å². The summed E-state index contributed by atoms with van der Waals surface area (Å²) in [4.78, 5) is 0. The lowest BCUT2D eigenvalue weighted by molar-refractivity contribution is 0.373. The molecule has 21 heavy (non-hydrogen) atoms. The topological polar surface area (TPSA) is 53.8 Å². The van der Waals surface area contributed by atoms with Crippen LogP contribution in [0.1, 0.15) is 5.56 Å². The van der Waals surface area contributed by atoms with E-state index in [1.54, 1.807) is 30.5 Å². The Hall–Kier alpha value is -1.62. The highest BCUT2D eigenvalue weighted by Crippen LogP contribution is 2.33. The third kappa shape index (κ3) is 3.94. The first-order chi connectivity index (χ1) is 10.0. The Bertz CT molecular complexity index is 667. The summed E-state index contributed by atoms with van der Waals surface area (Å²) < 4.78 is 5.01. The Labute approximate surface area is 136 Å². The van der Waals surface area contributed by atoms with E-state index >= 15 is 0 Å². The zero-order valence-electron chi connectivity index (χ0n) is 10.9. The Morgan fingerprint density at radius 2 is 1.81 bits per heavy atom. The van der Waals surface area contributed by atoms with Crippen LogP contribution in [0.3, 0.4) is 0 Å². The van der Waals surface area contributed by atoms with Crippen molar-refractivity contribution in [3.05, 3.63) is 51.0 Å². The summed E-state index contributed by atoms with van der Waals surface area (Å²) in [5, 5.41) is 14.7. The van der Waals surface area contributed by atoms with Gasteiger partial charge in [0.25, 0.3) is 0 Å². The lowest BCUT2D eigenvalue weighted by Crippen LogP contribution is -1.93. The van der Waals surface area contributed by atoms with Crippen molar-refractivity contribution in [2.24, 2.45) is 5.10 Å². The van der Waals surface area contributed by atoms with Gasteiger partial charge in [0.2, 0.25) is 0 Å². The van der Waals surface area contributed by atoms with Gasteiger partial charge in [0.1, 0.15) is 0 Å². The van der Waals surface area contributed by atoms with Gasteiger partial charge in [0.15, 0.2) is 11.5 Å². The normalized spacial score (nSPS) is 10.9. The fourth-order valence-electron chi connectivity index (χ4n) is 1.59. The molecule has 2 N–H and O–H groups in total. The zero-order valence-corrected chi connectivity index (χ0v) is 13.2. The first kappa shape index (κ1) is 15.8. The van der Waals surface area contributed by atoms with E-state index in [4.69, 9.17) is 39.5 Å². The Morgan fingerprint density at radius 3 is 2.43 bits per heavy atom. The number of ether oxygens (including phenoxy) is 1. The Kier molecular flexibility index (Phi) is 5.17. The molecule has 7 heteroatoms. The maximum absolute atomic E-state index is 9.50. The fraction of sp³-hybridized carbons (Fsp3) is 0.0714. The van der Waals surface area contributed by atoms with Crippen LogP contribution in [0.2, 0.25) is 15.1 Å². The standard InChI is InChI=1S/C14H11Cl3N2O2/c1-21-13-4-8(2-3-12(13)20)7-18-19-14-10(16)5-9(15)6-11(14)17/h2-7,19-20H,1H3. The predicted octanol–water partition coefficient (Wildman–Crippen LogP) is 4.81. The minimum Gasteiger partial charge on any atom is -0.504 e. The van der Waals surface area contributed by atoms with E-state index < -0.39 is 0 Å². The summed E-state index contributed by atoms with van der Waals surface area (Å²) in [5.41, 5.74) is 3.95. The number of rotatable bonds is 4. The van der Waals surface area contributed by atoms with Crippen LogP contribution in [0, 0.1) is 0 Å². The summed E-state index contributed by atoms with van der Waals surface area (Å²) >= 11 is 17.9. The van der Waals surface area contributed by atoms with Crippen molar-refractivity contribution in [1.29, 1.82) is 0 Å². The van der Waals surface area contributed by atoms with E-state index in [9.17, 15) is 5.11 Å². The van der Waals surface area contributed by atoms with Gasteiger partial charge < -0.3 is 9.84 Å². The number of anilines is 1. The molecule has 0 heterocycles. The third-order valence-corrected chi connectivity index (χ3v) is 3.42. The van der Waals surface area contributed by atoms with E-state index in [0.717, 1.165) is 5.56 Å². The van der Waals surface area contributed by atoms with Crippen LogP contribution in [0.4, 0.5) is 5.69 Å². The van der Waals surface area contributed by atoms with Crippen molar-refractivity contribution >= 4 is 46.7 Å². The summed E-state index contributed by atoms with van der Waals surface area (Å²) in [6, 6.07) is 7.98. The minimum absolute atomic E-state index is 0.0615. The van der Waals surface area contributed by atoms with Crippen molar-refractivity contribution in [3.63, 3.8) is 0 Å². The monoisotopic (exact) mass is 344 g/mol. The minimum atomic E-state index is 0.0615.